The standard InChI is InChI=1S/C22H21N5O2/c1-15-11-21(26-27(15)14-16-7-4-3-5-8-16)23-22(28)20-13-19(24-25-20)17-9-6-10-18(12-17)29-2/h3-13H,14H2,1-2H3,(H,24,25)(H,23,26,28). The maximum Gasteiger partial charge on any atom is 0.274 e. The van der Waals surface area contributed by atoms with Crippen molar-refractivity contribution in [3.8, 4) is 17.0 Å². The van der Waals surface area contributed by atoms with Gasteiger partial charge in [-0.1, -0.05) is 42.5 Å². The monoisotopic (exact) mass is 387 g/mol. The number of benzene rings is 2. The predicted molar refractivity (Wildman–Crippen MR) is 111 cm³/mol. The van der Waals surface area contributed by atoms with Gasteiger partial charge < -0.3 is 10.1 Å². The number of hydrogen-bond acceptors (Lipinski definition) is 4. The molecule has 0 aliphatic heterocycles. The fourth-order valence-corrected chi connectivity index (χ4v) is 3.04. The molecule has 0 radical (unpaired) electrons. The number of aromatic nitrogens is 4. The zero-order valence-corrected chi connectivity index (χ0v) is 16.2. The number of ether oxygens (including phenoxy) is 1. The molecule has 0 unspecified atom stereocenters. The molecule has 146 valence electrons. The lowest BCUT2D eigenvalue weighted by molar-refractivity contribution is 0.102. The molecule has 0 atom stereocenters. The number of H-pyrrole nitrogens is 1. The van der Waals surface area contributed by atoms with Gasteiger partial charge in [-0.25, -0.2) is 0 Å². The molecule has 2 aromatic carbocycles. The fourth-order valence-electron chi connectivity index (χ4n) is 3.04. The molecule has 7 nitrogen and oxygen atoms in total. The minimum atomic E-state index is -0.295. The molecule has 0 bridgehead atoms. The van der Waals surface area contributed by atoms with Crippen LogP contribution in [0.2, 0.25) is 0 Å². The largest absolute Gasteiger partial charge is 0.497 e. The lowest BCUT2D eigenvalue weighted by Crippen LogP contribution is -2.13. The van der Waals surface area contributed by atoms with Crippen molar-refractivity contribution in [2.75, 3.05) is 12.4 Å². The smallest absolute Gasteiger partial charge is 0.274 e. The molecule has 4 rings (SSSR count). The lowest BCUT2D eigenvalue weighted by atomic mass is 10.1. The topological polar surface area (TPSA) is 84.8 Å². The number of methoxy groups -OCH3 is 1. The summed E-state index contributed by atoms with van der Waals surface area (Å²) in [7, 11) is 1.61. The first-order valence-electron chi connectivity index (χ1n) is 9.22. The number of aromatic amines is 1. The highest BCUT2D eigenvalue weighted by molar-refractivity contribution is 6.02. The van der Waals surface area contributed by atoms with E-state index < -0.39 is 0 Å². The van der Waals surface area contributed by atoms with E-state index >= 15 is 0 Å². The first kappa shape index (κ1) is 18.5. The Hall–Kier alpha value is -3.87. The molecule has 0 saturated heterocycles. The molecule has 1 amide bonds. The number of carbonyl (C=O) groups is 1. The number of anilines is 1. The van der Waals surface area contributed by atoms with Gasteiger partial charge in [0, 0.05) is 17.3 Å². The van der Waals surface area contributed by atoms with E-state index in [4.69, 9.17) is 4.74 Å². The van der Waals surface area contributed by atoms with Crippen LogP contribution in [0.3, 0.4) is 0 Å². The number of amides is 1. The van der Waals surface area contributed by atoms with Crippen LogP contribution < -0.4 is 10.1 Å². The van der Waals surface area contributed by atoms with Gasteiger partial charge in [0.05, 0.1) is 19.3 Å². The summed E-state index contributed by atoms with van der Waals surface area (Å²) in [5, 5.41) is 14.3. The maximum atomic E-state index is 12.6. The van der Waals surface area contributed by atoms with E-state index in [-0.39, 0.29) is 5.91 Å². The maximum absolute atomic E-state index is 12.6. The van der Waals surface area contributed by atoms with Crippen LogP contribution in [0.25, 0.3) is 11.3 Å². The summed E-state index contributed by atoms with van der Waals surface area (Å²) in [4.78, 5) is 12.6. The van der Waals surface area contributed by atoms with Crippen molar-refractivity contribution >= 4 is 11.7 Å². The molecule has 0 spiro atoms. The Bertz CT molecular complexity index is 1130. The van der Waals surface area contributed by atoms with Crippen LogP contribution in [0, 0.1) is 6.92 Å². The number of nitrogens with one attached hydrogen (secondary N) is 2. The van der Waals surface area contributed by atoms with E-state index in [0.717, 1.165) is 22.6 Å². The molecule has 4 aromatic rings. The van der Waals surface area contributed by atoms with Crippen molar-refractivity contribution in [1.29, 1.82) is 0 Å². The summed E-state index contributed by atoms with van der Waals surface area (Å²) in [6.07, 6.45) is 0. The Labute approximate surface area is 168 Å². The van der Waals surface area contributed by atoms with E-state index in [0.29, 0.717) is 23.8 Å². The average molecular weight is 387 g/mol. The second-order valence-corrected chi connectivity index (χ2v) is 6.67. The van der Waals surface area contributed by atoms with Crippen LogP contribution in [-0.2, 0) is 6.54 Å². The summed E-state index contributed by atoms with van der Waals surface area (Å²) < 4.78 is 7.10. The van der Waals surface area contributed by atoms with Gasteiger partial charge in [-0.2, -0.15) is 10.2 Å². The van der Waals surface area contributed by atoms with Gasteiger partial charge in [-0.05, 0) is 30.7 Å². The zero-order chi connectivity index (χ0) is 20.2. The Morgan fingerprint density at radius 2 is 1.93 bits per heavy atom. The van der Waals surface area contributed by atoms with Crippen molar-refractivity contribution in [3.63, 3.8) is 0 Å². The van der Waals surface area contributed by atoms with Gasteiger partial charge in [-0.15, -0.1) is 0 Å². The number of carbonyl (C=O) groups excluding carboxylic acids is 1. The van der Waals surface area contributed by atoms with Crippen LogP contribution in [0.1, 0.15) is 21.7 Å². The molecule has 7 heteroatoms. The average Bonchev–Trinajstić information content (AvgIpc) is 3.36. The SMILES string of the molecule is COc1cccc(-c2cc(C(=O)Nc3cc(C)n(Cc4ccccc4)n3)[nH]n2)c1. The van der Waals surface area contributed by atoms with E-state index in [2.05, 4.69) is 20.6 Å². The highest BCUT2D eigenvalue weighted by Gasteiger charge is 2.14. The molecular formula is C22H21N5O2. The molecule has 0 aliphatic carbocycles. The van der Waals surface area contributed by atoms with Crippen LogP contribution in [-0.4, -0.2) is 33.0 Å². The van der Waals surface area contributed by atoms with Gasteiger partial charge in [0.25, 0.3) is 5.91 Å². The molecular weight excluding hydrogens is 366 g/mol. The summed E-state index contributed by atoms with van der Waals surface area (Å²) >= 11 is 0. The van der Waals surface area contributed by atoms with Gasteiger partial charge in [-0.3, -0.25) is 14.6 Å². The Kier molecular flexibility index (Phi) is 5.11. The number of aryl methyl sites for hydroxylation is 1. The van der Waals surface area contributed by atoms with Crippen molar-refractivity contribution in [2.45, 2.75) is 13.5 Å². The minimum Gasteiger partial charge on any atom is -0.497 e. The summed E-state index contributed by atoms with van der Waals surface area (Å²) in [6.45, 7) is 2.61. The van der Waals surface area contributed by atoms with Crippen molar-refractivity contribution in [1.82, 2.24) is 20.0 Å². The first-order chi connectivity index (χ1) is 14.1. The Morgan fingerprint density at radius 3 is 2.72 bits per heavy atom. The zero-order valence-electron chi connectivity index (χ0n) is 16.2. The van der Waals surface area contributed by atoms with Crippen molar-refractivity contribution < 1.29 is 9.53 Å². The van der Waals surface area contributed by atoms with Gasteiger partial charge in [0.1, 0.15) is 11.4 Å². The van der Waals surface area contributed by atoms with Crippen molar-refractivity contribution in [3.05, 3.63) is 83.7 Å². The second-order valence-electron chi connectivity index (χ2n) is 6.67. The lowest BCUT2D eigenvalue weighted by Gasteiger charge is -2.04. The van der Waals surface area contributed by atoms with Crippen LogP contribution in [0.5, 0.6) is 5.75 Å². The highest BCUT2D eigenvalue weighted by Crippen LogP contribution is 2.23. The van der Waals surface area contributed by atoms with Gasteiger partial charge >= 0.3 is 0 Å². The Morgan fingerprint density at radius 1 is 1.10 bits per heavy atom. The fraction of sp³-hybridized carbons (Fsp3) is 0.136. The first-order valence-corrected chi connectivity index (χ1v) is 9.22. The third-order valence-electron chi connectivity index (χ3n) is 4.59. The molecule has 2 N–H and O–H groups in total. The predicted octanol–water partition coefficient (Wildman–Crippen LogP) is 3.89. The van der Waals surface area contributed by atoms with E-state index in [1.807, 2.05) is 72.3 Å². The normalized spacial score (nSPS) is 10.7. The second kappa shape index (κ2) is 8.02. The number of rotatable bonds is 6. The number of hydrogen-bond donors (Lipinski definition) is 2. The molecule has 29 heavy (non-hydrogen) atoms. The van der Waals surface area contributed by atoms with E-state index in [9.17, 15) is 4.79 Å². The summed E-state index contributed by atoms with van der Waals surface area (Å²) in [6, 6.07) is 21.1. The third kappa shape index (κ3) is 4.19. The number of nitrogens with zero attached hydrogens (tertiary/aromatic N) is 3. The molecule has 2 aromatic heterocycles. The van der Waals surface area contributed by atoms with Crippen LogP contribution in [0.4, 0.5) is 5.82 Å². The molecule has 0 aliphatic rings. The molecule has 0 fully saturated rings. The van der Waals surface area contributed by atoms with Gasteiger partial charge in [0.15, 0.2) is 5.82 Å². The highest BCUT2D eigenvalue weighted by atomic mass is 16.5. The van der Waals surface area contributed by atoms with E-state index in [1.54, 1.807) is 13.2 Å². The van der Waals surface area contributed by atoms with Gasteiger partial charge in [0.2, 0.25) is 0 Å². The quantitative estimate of drug-likeness (QED) is 0.526. The molecule has 2 heterocycles. The summed E-state index contributed by atoms with van der Waals surface area (Å²) in [5.41, 5.74) is 4.00. The van der Waals surface area contributed by atoms with Crippen molar-refractivity contribution in [2.24, 2.45) is 0 Å². The summed E-state index contributed by atoms with van der Waals surface area (Å²) in [5.74, 6) is 0.938. The third-order valence-corrected chi connectivity index (χ3v) is 4.59. The van der Waals surface area contributed by atoms with Crippen LogP contribution in [0.15, 0.2) is 66.7 Å². The minimum absolute atomic E-state index is 0.295. The molecule has 0 saturated carbocycles. The Balaban J connectivity index is 1.47. The van der Waals surface area contributed by atoms with Crippen LogP contribution >= 0.6 is 0 Å². The van der Waals surface area contributed by atoms with E-state index in [1.165, 1.54) is 0 Å².